The van der Waals surface area contributed by atoms with Crippen molar-refractivity contribution in [1.82, 2.24) is 5.32 Å². The first kappa shape index (κ1) is 55.2. The Morgan fingerprint density at radius 3 is 1.27 bits per heavy atom. The van der Waals surface area contributed by atoms with Crippen LogP contribution < -0.4 is 11.1 Å². The lowest BCUT2D eigenvalue weighted by Crippen LogP contribution is -2.45. The van der Waals surface area contributed by atoms with E-state index in [1.165, 1.54) is 193 Å². The molecule has 0 bridgehead atoms. The molecule has 0 aliphatic carbocycles. The van der Waals surface area contributed by atoms with Gasteiger partial charge in [0.25, 0.3) is 0 Å². The number of aliphatic hydroxyl groups is 1. The summed E-state index contributed by atoms with van der Waals surface area (Å²) in [7, 11) is -4.34. The molecule has 0 heterocycles. The Balaban J connectivity index is 4.11. The standard InChI is InChI=1S/C47H95N2O6P/c1-3-5-7-9-11-13-15-17-19-21-22-23-25-26-28-30-32-34-36-38-40-46(50)45(44-55-56(52,53)54-43-42-48)49-47(51)41-39-37-35-33-31-29-27-24-20-18-16-14-12-10-8-6-4-2/h38,40,45-46,50H,3-37,39,41-44,48H2,1-2H3,(H,49,51)(H,52,53)/b40-38+. The number of allylic oxidation sites excluding steroid dienone is 1. The van der Waals surface area contributed by atoms with E-state index in [1.54, 1.807) is 6.08 Å². The van der Waals surface area contributed by atoms with Crippen molar-refractivity contribution in [3.63, 3.8) is 0 Å². The number of carbonyl (C=O) groups is 1. The van der Waals surface area contributed by atoms with Gasteiger partial charge in [-0.15, -0.1) is 0 Å². The second-order valence-corrected chi connectivity index (χ2v) is 18.1. The van der Waals surface area contributed by atoms with E-state index < -0.39 is 20.0 Å². The van der Waals surface area contributed by atoms with Crippen LogP contribution >= 0.6 is 7.82 Å². The maximum Gasteiger partial charge on any atom is 0.472 e. The first-order chi connectivity index (χ1) is 27.4. The molecular formula is C47H95N2O6P. The fourth-order valence-corrected chi connectivity index (χ4v) is 8.19. The Morgan fingerprint density at radius 2 is 0.911 bits per heavy atom. The van der Waals surface area contributed by atoms with Gasteiger partial charge in [0.1, 0.15) is 0 Å². The Hall–Kier alpha value is -0.760. The van der Waals surface area contributed by atoms with E-state index >= 15 is 0 Å². The van der Waals surface area contributed by atoms with Crippen LogP contribution in [0.4, 0.5) is 0 Å². The lowest BCUT2D eigenvalue weighted by molar-refractivity contribution is -0.123. The average Bonchev–Trinajstić information content (AvgIpc) is 3.19. The van der Waals surface area contributed by atoms with Crippen LogP contribution in [0.2, 0.25) is 0 Å². The number of amides is 1. The van der Waals surface area contributed by atoms with Crippen LogP contribution in [-0.2, 0) is 18.4 Å². The third-order valence-electron chi connectivity index (χ3n) is 11.1. The Labute approximate surface area is 347 Å². The molecule has 3 atom stereocenters. The summed E-state index contributed by atoms with van der Waals surface area (Å²) in [5.41, 5.74) is 5.39. The Morgan fingerprint density at radius 1 is 0.571 bits per heavy atom. The minimum Gasteiger partial charge on any atom is -0.387 e. The van der Waals surface area contributed by atoms with E-state index in [2.05, 4.69) is 19.2 Å². The van der Waals surface area contributed by atoms with E-state index in [4.69, 9.17) is 14.8 Å². The molecule has 1 amide bonds. The number of unbranched alkanes of at least 4 members (excludes halogenated alkanes) is 34. The summed E-state index contributed by atoms with van der Waals surface area (Å²) >= 11 is 0. The second kappa shape index (κ2) is 43.8. The van der Waals surface area contributed by atoms with Crippen molar-refractivity contribution < 1.29 is 28.4 Å². The highest BCUT2D eigenvalue weighted by molar-refractivity contribution is 7.47. The summed E-state index contributed by atoms with van der Waals surface area (Å²) in [4.78, 5) is 22.8. The van der Waals surface area contributed by atoms with Crippen molar-refractivity contribution >= 4 is 13.7 Å². The van der Waals surface area contributed by atoms with Crippen molar-refractivity contribution in [3.05, 3.63) is 12.2 Å². The van der Waals surface area contributed by atoms with E-state index in [1.807, 2.05) is 6.08 Å². The number of nitrogens with one attached hydrogen (secondary N) is 1. The molecule has 0 fully saturated rings. The van der Waals surface area contributed by atoms with Crippen molar-refractivity contribution in [3.8, 4) is 0 Å². The van der Waals surface area contributed by atoms with Gasteiger partial charge in [-0.3, -0.25) is 13.8 Å². The van der Waals surface area contributed by atoms with Gasteiger partial charge in [0.2, 0.25) is 5.91 Å². The summed E-state index contributed by atoms with van der Waals surface area (Å²) in [6.07, 6.45) is 49.8. The minimum absolute atomic E-state index is 0.0816. The van der Waals surface area contributed by atoms with Gasteiger partial charge in [0.15, 0.2) is 0 Å². The van der Waals surface area contributed by atoms with E-state index in [-0.39, 0.29) is 25.7 Å². The van der Waals surface area contributed by atoms with Crippen molar-refractivity contribution in [2.24, 2.45) is 5.73 Å². The molecule has 0 spiro atoms. The summed E-state index contributed by atoms with van der Waals surface area (Å²) < 4.78 is 22.2. The summed E-state index contributed by atoms with van der Waals surface area (Å²) in [5, 5.41) is 13.7. The third-order valence-corrected chi connectivity index (χ3v) is 12.1. The number of phosphoric ester groups is 1. The van der Waals surface area contributed by atoms with E-state index in [9.17, 15) is 19.4 Å². The highest BCUT2D eigenvalue weighted by Crippen LogP contribution is 2.43. The SMILES string of the molecule is CCCCCCCCCCCCCCCCCCCC/C=C/C(O)C(COP(=O)(O)OCCN)NC(=O)CCCCCCCCCCCCCCCCCCC. The molecule has 0 aromatic rings. The van der Waals surface area contributed by atoms with Crippen LogP contribution in [0.25, 0.3) is 0 Å². The number of nitrogens with two attached hydrogens (primary N) is 1. The van der Waals surface area contributed by atoms with Crippen LogP contribution in [-0.4, -0.2) is 47.8 Å². The zero-order chi connectivity index (χ0) is 41.1. The first-order valence-corrected chi connectivity index (χ1v) is 25.8. The highest BCUT2D eigenvalue weighted by atomic mass is 31.2. The molecule has 0 saturated heterocycles. The molecule has 0 aliphatic rings. The molecule has 334 valence electrons. The van der Waals surface area contributed by atoms with Crippen LogP contribution in [0, 0.1) is 0 Å². The molecule has 56 heavy (non-hydrogen) atoms. The Kier molecular flexibility index (Phi) is 43.2. The first-order valence-electron chi connectivity index (χ1n) is 24.3. The fraction of sp³-hybridized carbons (Fsp3) is 0.936. The lowest BCUT2D eigenvalue weighted by atomic mass is 10.0. The van der Waals surface area contributed by atoms with E-state index in [0.29, 0.717) is 6.42 Å². The van der Waals surface area contributed by atoms with Gasteiger partial charge in [-0.2, -0.15) is 0 Å². The Bertz CT molecular complexity index is 891. The van der Waals surface area contributed by atoms with Crippen molar-refractivity contribution in [2.75, 3.05) is 19.8 Å². The number of rotatable bonds is 46. The topological polar surface area (TPSA) is 131 Å². The predicted molar refractivity (Wildman–Crippen MR) is 240 cm³/mol. The van der Waals surface area contributed by atoms with Crippen molar-refractivity contribution in [2.45, 2.75) is 264 Å². The molecule has 0 saturated carbocycles. The second-order valence-electron chi connectivity index (χ2n) is 16.7. The smallest absolute Gasteiger partial charge is 0.387 e. The molecule has 9 heteroatoms. The number of hydrogen-bond donors (Lipinski definition) is 4. The zero-order valence-corrected chi connectivity index (χ0v) is 38.0. The maximum absolute atomic E-state index is 12.8. The molecule has 0 aromatic heterocycles. The fourth-order valence-electron chi connectivity index (χ4n) is 7.43. The van der Waals surface area contributed by atoms with Crippen LogP contribution in [0.3, 0.4) is 0 Å². The third kappa shape index (κ3) is 41.4. The predicted octanol–water partition coefficient (Wildman–Crippen LogP) is 14.0. The normalized spacial score (nSPS) is 14.0. The average molecular weight is 815 g/mol. The lowest BCUT2D eigenvalue weighted by Gasteiger charge is -2.23. The van der Waals surface area contributed by atoms with Crippen LogP contribution in [0.15, 0.2) is 12.2 Å². The van der Waals surface area contributed by atoms with Gasteiger partial charge >= 0.3 is 7.82 Å². The number of carbonyl (C=O) groups excluding carboxylic acids is 1. The van der Waals surface area contributed by atoms with Crippen LogP contribution in [0.5, 0.6) is 0 Å². The molecular weight excluding hydrogens is 719 g/mol. The monoisotopic (exact) mass is 815 g/mol. The molecule has 0 aliphatic heterocycles. The minimum atomic E-state index is -4.34. The number of aliphatic hydroxyl groups excluding tert-OH is 1. The molecule has 8 nitrogen and oxygen atoms in total. The van der Waals surface area contributed by atoms with Gasteiger partial charge in [0.05, 0.1) is 25.4 Å². The maximum atomic E-state index is 12.8. The van der Waals surface area contributed by atoms with Gasteiger partial charge in [-0.05, 0) is 19.3 Å². The number of phosphoric acid groups is 1. The summed E-state index contributed by atoms with van der Waals surface area (Å²) in [6, 6.07) is -0.855. The van der Waals surface area contributed by atoms with Gasteiger partial charge < -0.3 is 21.1 Å². The molecule has 0 rings (SSSR count). The number of hydrogen-bond acceptors (Lipinski definition) is 6. The zero-order valence-electron chi connectivity index (χ0n) is 37.1. The summed E-state index contributed by atoms with van der Waals surface area (Å²) in [5.74, 6) is -0.189. The van der Waals surface area contributed by atoms with Crippen molar-refractivity contribution in [1.29, 1.82) is 0 Å². The van der Waals surface area contributed by atoms with E-state index in [0.717, 1.165) is 38.5 Å². The van der Waals surface area contributed by atoms with Gasteiger partial charge in [-0.25, -0.2) is 4.57 Å². The summed E-state index contributed by atoms with van der Waals surface area (Å²) in [6.45, 7) is 4.18. The highest BCUT2D eigenvalue weighted by Gasteiger charge is 2.26. The quantitative estimate of drug-likeness (QED) is 0.0273. The van der Waals surface area contributed by atoms with Gasteiger partial charge in [0, 0.05) is 13.0 Å². The van der Waals surface area contributed by atoms with Crippen LogP contribution in [0.1, 0.15) is 251 Å². The largest absolute Gasteiger partial charge is 0.472 e. The van der Waals surface area contributed by atoms with Gasteiger partial charge in [-0.1, -0.05) is 238 Å². The molecule has 5 N–H and O–H groups in total. The molecule has 0 radical (unpaired) electrons. The molecule has 0 aromatic carbocycles. The molecule has 3 unspecified atom stereocenters.